The van der Waals surface area contributed by atoms with Crippen molar-refractivity contribution in [3.05, 3.63) is 23.3 Å². The number of nitrogens with zero attached hydrogens (tertiary/aromatic N) is 1. The van der Waals surface area contributed by atoms with Gasteiger partial charge in [0.25, 0.3) is 0 Å². The van der Waals surface area contributed by atoms with Gasteiger partial charge in [-0.3, -0.25) is 9.69 Å². The first-order chi connectivity index (χ1) is 13.5. The summed E-state index contributed by atoms with van der Waals surface area (Å²) in [6, 6.07) is 4.07. The number of piperidine rings is 1. The van der Waals surface area contributed by atoms with E-state index in [0.717, 1.165) is 43.8 Å². The molecule has 5 nitrogen and oxygen atoms in total. The van der Waals surface area contributed by atoms with Crippen LogP contribution in [0.25, 0.3) is 0 Å². The Morgan fingerprint density at radius 1 is 1.29 bits per heavy atom. The van der Waals surface area contributed by atoms with Crippen molar-refractivity contribution >= 4 is 5.78 Å². The van der Waals surface area contributed by atoms with Crippen LogP contribution in [-0.4, -0.2) is 54.2 Å². The average molecular weight is 386 g/mol. The molecule has 5 rings (SSSR count). The summed E-state index contributed by atoms with van der Waals surface area (Å²) in [5, 5.41) is 10.5. The predicted octanol–water partition coefficient (Wildman–Crippen LogP) is 3.21. The van der Waals surface area contributed by atoms with E-state index in [1.54, 1.807) is 13.2 Å². The summed E-state index contributed by atoms with van der Waals surface area (Å²) in [6.07, 6.45) is 6.31. The number of phenols is 1. The minimum atomic E-state index is -0.402. The second-order valence-electron chi connectivity index (χ2n) is 9.18. The molecule has 152 valence electrons. The van der Waals surface area contributed by atoms with E-state index in [-0.39, 0.29) is 17.4 Å². The van der Waals surface area contributed by atoms with Crippen molar-refractivity contribution in [2.75, 3.05) is 26.8 Å². The van der Waals surface area contributed by atoms with E-state index < -0.39 is 5.41 Å². The molecule has 0 spiro atoms. The Balaban J connectivity index is 1.72. The van der Waals surface area contributed by atoms with Gasteiger partial charge in [-0.1, -0.05) is 6.07 Å². The van der Waals surface area contributed by atoms with E-state index in [4.69, 9.17) is 9.47 Å². The molecule has 5 heteroatoms. The van der Waals surface area contributed by atoms with E-state index in [1.807, 2.05) is 6.07 Å². The summed E-state index contributed by atoms with van der Waals surface area (Å²) in [5.41, 5.74) is 1.47. The largest absolute Gasteiger partial charge is 0.504 e. The van der Waals surface area contributed by atoms with Crippen LogP contribution in [0.5, 0.6) is 11.5 Å². The van der Waals surface area contributed by atoms with Crippen LogP contribution in [0.15, 0.2) is 12.1 Å². The van der Waals surface area contributed by atoms with Gasteiger partial charge in [-0.05, 0) is 63.1 Å². The number of likely N-dealkylation sites (tertiary alicyclic amines) is 1. The third-order valence-corrected chi connectivity index (χ3v) is 7.80. The summed E-state index contributed by atoms with van der Waals surface area (Å²) in [7, 11) is 1.62. The maximum absolute atomic E-state index is 12.8. The van der Waals surface area contributed by atoms with Crippen LogP contribution in [0.4, 0.5) is 0 Å². The number of methoxy groups -OCH3 is 1. The van der Waals surface area contributed by atoms with Crippen LogP contribution in [0.1, 0.15) is 56.6 Å². The van der Waals surface area contributed by atoms with Gasteiger partial charge >= 0.3 is 0 Å². The Morgan fingerprint density at radius 3 is 2.82 bits per heavy atom. The third kappa shape index (κ3) is 2.42. The summed E-state index contributed by atoms with van der Waals surface area (Å²) in [5.74, 6) is 1.85. The Labute approximate surface area is 167 Å². The van der Waals surface area contributed by atoms with E-state index in [0.29, 0.717) is 31.0 Å². The fourth-order valence-corrected chi connectivity index (χ4v) is 6.57. The number of fused-ring (bicyclic) bond motifs is 1. The molecule has 1 N–H and O–H groups in total. The molecule has 2 unspecified atom stereocenters. The number of carbonyl (C=O) groups is 1. The summed E-state index contributed by atoms with van der Waals surface area (Å²) in [6.45, 7) is 4.84. The standard InChI is InChI=1S/C23H31NO4/c1-3-28-23-9-8-17(25)13-22(23)10-11-24(14-15-4-5-15)19(23)12-16-6-7-18(26)21(27-2)20(16)22/h6-7,15,19,26H,3-5,8-14H2,1-2H3/t19?,22?,23-/m1/s1. The van der Waals surface area contributed by atoms with Crippen LogP contribution in [0, 0.1) is 5.92 Å². The SMILES string of the molecule is CCO[C@@]12CCC(=O)CC13CCN(CC1CC1)C2Cc1ccc(O)c(OC)c13. The molecule has 1 heterocycles. The van der Waals surface area contributed by atoms with Gasteiger partial charge in [-0.25, -0.2) is 0 Å². The van der Waals surface area contributed by atoms with Crippen LogP contribution in [0.2, 0.25) is 0 Å². The highest BCUT2D eigenvalue weighted by atomic mass is 16.5. The molecular weight excluding hydrogens is 354 g/mol. The maximum Gasteiger partial charge on any atom is 0.164 e. The van der Waals surface area contributed by atoms with Gasteiger partial charge in [0.2, 0.25) is 0 Å². The van der Waals surface area contributed by atoms with Gasteiger partial charge in [0.1, 0.15) is 5.78 Å². The first-order valence-electron chi connectivity index (χ1n) is 10.8. The van der Waals surface area contributed by atoms with Crippen molar-refractivity contribution in [2.45, 2.75) is 68.9 Å². The molecule has 2 bridgehead atoms. The Bertz CT molecular complexity index is 804. The second-order valence-corrected chi connectivity index (χ2v) is 9.18. The average Bonchev–Trinajstić information content (AvgIpc) is 3.49. The van der Waals surface area contributed by atoms with Crippen molar-refractivity contribution in [3.8, 4) is 11.5 Å². The van der Waals surface area contributed by atoms with Gasteiger partial charge in [0.15, 0.2) is 11.5 Å². The zero-order valence-corrected chi connectivity index (χ0v) is 17.0. The lowest BCUT2D eigenvalue weighted by molar-refractivity contribution is -0.198. The molecule has 0 aromatic heterocycles. The predicted molar refractivity (Wildman–Crippen MR) is 106 cm³/mol. The molecular formula is C23H31NO4. The Kier molecular flexibility index (Phi) is 4.25. The topological polar surface area (TPSA) is 59.0 Å². The van der Waals surface area contributed by atoms with Gasteiger partial charge < -0.3 is 14.6 Å². The number of carbonyl (C=O) groups excluding carboxylic acids is 1. The van der Waals surface area contributed by atoms with Crippen molar-refractivity contribution in [1.82, 2.24) is 4.90 Å². The number of hydrogen-bond donors (Lipinski definition) is 1. The smallest absolute Gasteiger partial charge is 0.164 e. The molecule has 28 heavy (non-hydrogen) atoms. The zero-order chi connectivity index (χ0) is 19.5. The van der Waals surface area contributed by atoms with Crippen molar-refractivity contribution in [2.24, 2.45) is 5.92 Å². The van der Waals surface area contributed by atoms with Crippen LogP contribution in [0.3, 0.4) is 0 Å². The molecule has 1 aromatic rings. The normalized spacial score (nSPS) is 34.6. The fourth-order valence-electron chi connectivity index (χ4n) is 6.57. The summed E-state index contributed by atoms with van der Waals surface area (Å²) in [4.78, 5) is 15.4. The van der Waals surface area contributed by atoms with Gasteiger partial charge in [0.05, 0.1) is 12.7 Å². The third-order valence-electron chi connectivity index (χ3n) is 7.80. The lowest BCUT2D eigenvalue weighted by Crippen LogP contribution is -2.74. The molecule has 1 saturated heterocycles. The first kappa shape index (κ1) is 18.4. The molecule has 4 aliphatic rings. The molecule has 3 atom stereocenters. The fraction of sp³-hybridized carbons (Fsp3) is 0.696. The first-order valence-corrected chi connectivity index (χ1v) is 10.8. The monoisotopic (exact) mass is 385 g/mol. The Hall–Kier alpha value is -1.59. The van der Waals surface area contributed by atoms with Gasteiger partial charge in [-0.2, -0.15) is 0 Å². The zero-order valence-electron chi connectivity index (χ0n) is 17.0. The highest BCUT2D eigenvalue weighted by molar-refractivity contribution is 5.83. The summed E-state index contributed by atoms with van der Waals surface area (Å²) >= 11 is 0. The summed E-state index contributed by atoms with van der Waals surface area (Å²) < 4.78 is 12.4. The van der Waals surface area contributed by atoms with Crippen molar-refractivity contribution in [3.63, 3.8) is 0 Å². The van der Waals surface area contributed by atoms with E-state index in [1.165, 1.54) is 18.4 Å². The Morgan fingerprint density at radius 2 is 2.11 bits per heavy atom. The highest BCUT2D eigenvalue weighted by Gasteiger charge is 2.67. The van der Waals surface area contributed by atoms with Crippen molar-refractivity contribution in [1.29, 1.82) is 0 Å². The minimum Gasteiger partial charge on any atom is -0.504 e. The number of rotatable bonds is 5. The van der Waals surface area contributed by atoms with Gasteiger partial charge in [0, 0.05) is 43.0 Å². The lowest BCUT2D eigenvalue weighted by atomic mass is 9.49. The van der Waals surface area contributed by atoms with E-state index >= 15 is 0 Å². The van der Waals surface area contributed by atoms with E-state index in [2.05, 4.69) is 11.8 Å². The lowest BCUT2D eigenvalue weighted by Gasteiger charge is -2.65. The molecule has 1 aromatic carbocycles. The van der Waals surface area contributed by atoms with Crippen LogP contribution in [-0.2, 0) is 21.4 Å². The number of ketones is 1. The van der Waals surface area contributed by atoms with Crippen LogP contribution < -0.4 is 4.74 Å². The van der Waals surface area contributed by atoms with E-state index in [9.17, 15) is 9.90 Å². The molecule has 2 saturated carbocycles. The molecule has 0 amide bonds. The highest BCUT2D eigenvalue weighted by Crippen LogP contribution is 2.62. The number of ether oxygens (including phenoxy) is 2. The number of hydrogen-bond acceptors (Lipinski definition) is 5. The molecule has 0 radical (unpaired) electrons. The molecule has 3 fully saturated rings. The second kappa shape index (κ2) is 6.46. The maximum atomic E-state index is 12.8. The number of Topliss-reactive ketones (excluding diaryl/α,β-unsaturated/α-hetero) is 1. The van der Waals surface area contributed by atoms with Crippen molar-refractivity contribution < 1.29 is 19.4 Å². The number of benzene rings is 1. The number of phenolic OH excluding ortho intramolecular Hbond substituents is 1. The molecule has 1 aliphatic heterocycles. The van der Waals surface area contributed by atoms with Gasteiger partial charge in [-0.15, -0.1) is 0 Å². The minimum absolute atomic E-state index is 0.165. The quantitative estimate of drug-likeness (QED) is 0.843. The van der Waals surface area contributed by atoms with Crippen LogP contribution >= 0.6 is 0 Å². The molecule has 3 aliphatic carbocycles. The number of aromatic hydroxyl groups is 1.